The molecule has 2 aromatic rings. The molecule has 2 N–H and O–H groups in total. The minimum absolute atomic E-state index is 0.0480. The summed E-state index contributed by atoms with van der Waals surface area (Å²) < 4.78 is 0. The van der Waals surface area contributed by atoms with Crippen LogP contribution in [-0.4, -0.2) is 34.8 Å². The van der Waals surface area contributed by atoms with Crippen molar-refractivity contribution < 1.29 is 9.59 Å². The van der Waals surface area contributed by atoms with Crippen LogP contribution in [0.5, 0.6) is 0 Å². The first-order valence-corrected chi connectivity index (χ1v) is 8.49. The molecule has 1 atom stereocenters. The topological polar surface area (TPSA) is 76.3 Å². The number of carbonyl (C=O) groups is 2. The maximum absolute atomic E-state index is 12.8. The lowest BCUT2D eigenvalue weighted by Crippen LogP contribution is -2.44. The van der Waals surface area contributed by atoms with Crippen LogP contribution in [-0.2, 0) is 4.79 Å². The maximum atomic E-state index is 12.8. The number of aryl methyl sites for hydroxylation is 1. The van der Waals surface area contributed by atoms with E-state index in [2.05, 4.69) is 4.98 Å². The summed E-state index contributed by atoms with van der Waals surface area (Å²) in [6.07, 6.45) is 1.57. The van der Waals surface area contributed by atoms with Crippen molar-refractivity contribution in [2.45, 2.75) is 19.8 Å². The van der Waals surface area contributed by atoms with Gasteiger partial charge in [-0.1, -0.05) is 30.3 Å². The van der Waals surface area contributed by atoms with Crippen LogP contribution in [0.2, 0.25) is 0 Å². The summed E-state index contributed by atoms with van der Waals surface area (Å²) in [4.78, 5) is 31.1. The fourth-order valence-electron chi connectivity index (χ4n) is 2.84. The van der Waals surface area contributed by atoms with Crippen LogP contribution in [0.15, 0.2) is 30.3 Å². The Morgan fingerprint density at radius 1 is 1.30 bits per heavy atom. The zero-order valence-electron chi connectivity index (χ0n) is 13.0. The second-order valence-corrected chi connectivity index (χ2v) is 6.79. The molecule has 0 radical (unpaired) electrons. The minimum atomic E-state index is -0.325. The van der Waals surface area contributed by atoms with Crippen LogP contribution in [0.1, 0.15) is 28.2 Å². The minimum Gasteiger partial charge on any atom is -0.369 e. The van der Waals surface area contributed by atoms with Gasteiger partial charge in [-0.2, -0.15) is 0 Å². The highest BCUT2D eigenvalue weighted by molar-refractivity contribution is 7.17. The van der Waals surface area contributed by atoms with E-state index in [0.29, 0.717) is 18.0 Å². The SMILES string of the molecule is Cc1nc(-c2ccccc2)sc1C(=O)N1CCCC(C(N)=O)C1. The highest BCUT2D eigenvalue weighted by Gasteiger charge is 2.29. The van der Waals surface area contributed by atoms with Gasteiger partial charge in [0.05, 0.1) is 11.6 Å². The number of piperidine rings is 1. The molecule has 1 aliphatic rings. The van der Waals surface area contributed by atoms with Gasteiger partial charge in [-0.05, 0) is 19.8 Å². The van der Waals surface area contributed by atoms with E-state index in [1.54, 1.807) is 4.90 Å². The van der Waals surface area contributed by atoms with Crippen LogP contribution < -0.4 is 5.73 Å². The molecule has 1 unspecified atom stereocenters. The third-order valence-electron chi connectivity index (χ3n) is 4.12. The summed E-state index contributed by atoms with van der Waals surface area (Å²) in [5.74, 6) is -0.615. The Bertz CT molecular complexity index is 727. The zero-order chi connectivity index (χ0) is 16.4. The molecule has 0 saturated carbocycles. The highest BCUT2D eigenvalue weighted by atomic mass is 32.1. The van der Waals surface area contributed by atoms with Crippen molar-refractivity contribution >= 4 is 23.2 Å². The van der Waals surface area contributed by atoms with Crippen molar-refractivity contribution in [1.29, 1.82) is 0 Å². The summed E-state index contributed by atoms with van der Waals surface area (Å²) in [6.45, 7) is 2.93. The normalized spacial score (nSPS) is 18.0. The van der Waals surface area contributed by atoms with Crippen molar-refractivity contribution in [3.05, 3.63) is 40.9 Å². The number of nitrogens with two attached hydrogens (primary N) is 1. The van der Waals surface area contributed by atoms with Crippen LogP contribution in [0.25, 0.3) is 10.6 Å². The second kappa shape index (κ2) is 6.50. The molecule has 1 aromatic carbocycles. The highest BCUT2D eigenvalue weighted by Crippen LogP contribution is 2.29. The first kappa shape index (κ1) is 15.7. The molecule has 0 spiro atoms. The van der Waals surface area contributed by atoms with Crippen molar-refractivity contribution in [2.24, 2.45) is 11.7 Å². The van der Waals surface area contributed by atoms with E-state index in [1.807, 2.05) is 37.3 Å². The lowest BCUT2D eigenvalue weighted by Gasteiger charge is -2.30. The van der Waals surface area contributed by atoms with E-state index in [-0.39, 0.29) is 17.7 Å². The van der Waals surface area contributed by atoms with Gasteiger partial charge in [-0.25, -0.2) is 4.98 Å². The van der Waals surface area contributed by atoms with Gasteiger partial charge in [0.2, 0.25) is 5.91 Å². The third kappa shape index (κ3) is 3.27. The number of rotatable bonds is 3. The number of carbonyl (C=O) groups excluding carboxylic acids is 2. The molecule has 1 saturated heterocycles. The molecule has 5 nitrogen and oxygen atoms in total. The number of aromatic nitrogens is 1. The van der Waals surface area contributed by atoms with Gasteiger partial charge in [0.25, 0.3) is 5.91 Å². The molecule has 0 bridgehead atoms. The van der Waals surface area contributed by atoms with Crippen molar-refractivity contribution in [2.75, 3.05) is 13.1 Å². The molecule has 1 aromatic heterocycles. The van der Waals surface area contributed by atoms with E-state index in [1.165, 1.54) is 11.3 Å². The largest absolute Gasteiger partial charge is 0.369 e. The van der Waals surface area contributed by atoms with E-state index < -0.39 is 0 Å². The summed E-state index contributed by atoms with van der Waals surface area (Å²) >= 11 is 1.41. The number of likely N-dealkylation sites (tertiary alicyclic amines) is 1. The average Bonchev–Trinajstić information content (AvgIpc) is 2.97. The lowest BCUT2D eigenvalue weighted by atomic mass is 9.97. The Morgan fingerprint density at radius 3 is 2.74 bits per heavy atom. The van der Waals surface area contributed by atoms with Crippen LogP contribution in [0.3, 0.4) is 0 Å². The van der Waals surface area contributed by atoms with Crippen molar-refractivity contribution in [1.82, 2.24) is 9.88 Å². The van der Waals surface area contributed by atoms with E-state index in [4.69, 9.17) is 5.73 Å². The number of hydrogen-bond donors (Lipinski definition) is 1. The number of nitrogens with zero attached hydrogens (tertiary/aromatic N) is 2. The van der Waals surface area contributed by atoms with E-state index in [9.17, 15) is 9.59 Å². The molecule has 23 heavy (non-hydrogen) atoms. The van der Waals surface area contributed by atoms with E-state index >= 15 is 0 Å². The quantitative estimate of drug-likeness (QED) is 0.940. The predicted octanol–water partition coefficient (Wildman–Crippen LogP) is 2.46. The third-order valence-corrected chi connectivity index (χ3v) is 5.32. The predicted molar refractivity (Wildman–Crippen MR) is 90.1 cm³/mol. The summed E-state index contributed by atoms with van der Waals surface area (Å²) in [6, 6.07) is 9.83. The van der Waals surface area contributed by atoms with Gasteiger partial charge in [0.1, 0.15) is 9.88 Å². The number of primary amides is 1. The number of amides is 2. The second-order valence-electron chi connectivity index (χ2n) is 5.79. The monoisotopic (exact) mass is 329 g/mol. The van der Waals surface area contributed by atoms with Crippen molar-refractivity contribution in [3.63, 3.8) is 0 Å². The Morgan fingerprint density at radius 2 is 2.04 bits per heavy atom. The maximum Gasteiger partial charge on any atom is 0.265 e. The van der Waals surface area contributed by atoms with Crippen LogP contribution in [0, 0.1) is 12.8 Å². The molecule has 120 valence electrons. The smallest absolute Gasteiger partial charge is 0.265 e. The molecular formula is C17H19N3O2S. The molecule has 6 heteroatoms. The average molecular weight is 329 g/mol. The molecule has 2 heterocycles. The Hall–Kier alpha value is -2.21. The molecule has 3 rings (SSSR count). The molecule has 0 aliphatic carbocycles. The van der Waals surface area contributed by atoms with Gasteiger partial charge < -0.3 is 10.6 Å². The van der Waals surface area contributed by atoms with E-state index in [0.717, 1.165) is 29.1 Å². The Kier molecular flexibility index (Phi) is 4.43. The van der Waals surface area contributed by atoms with Crippen molar-refractivity contribution in [3.8, 4) is 10.6 Å². The summed E-state index contributed by atoms with van der Waals surface area (Å²) in [5, 5.41) is 0.843. The van der Waals surface area contributed by atoms with Crippen LogP contribution in [0.4, 0.5) is 0 Å². The van der Waals surface area contributed by atoms with Crippen LogP contribution >= 0.6 is 11.3 Å². The molecule has 1 fully saturated rings. The number of hydrogen-bond acceptors (Lipinski definition) is 4. The molecular weight excluding hydrogens is 310 g/mol. The fourth-order valence-corrected chi connectivity index (χ4v) is 3.88. The summed E-state index contributed by atoms with van der Waals surface area (Å²) in [5.41, 5.74) is 7.14. The standard InChI is InChI=1S/C17H19N3O2S/c1-11-14(23-16(19-11)12-6-3-2-4-7-12)17(22)20-9-5-8-13(10-20)15(18)21/h2-4,6-7,13H,5,8-10H2,1H3,(H2,18,21). The van der Waals surface area contributed by atoms with Gasteiger partial charge in [-0.3, -0.25) is 9.59 Å². The van der Waals surface area contributed by atoms with Gasteiger partial charge in [0.15, 0.2) is 0 Å². The number of thiazole rings is 1. The van der Waals surface area contributed by atoms with Gasteiger partial charge in [0, 0.05) is 18.7 Å². The molecule has 2 amide bonds. The zero-order valence-corrected chi connectivity index (χ0v) is 13.8. The fraction of sp³-hybridized carbons (Fsp3) is 0.353. The summed E-state index contributed by atoms with van der Waals surface area (Å²) in [7, 11) is 0. The lowest BCUT2D eigenvalue weighted by molar-refractivity contribution is -0.123. The van der Waals surface area contributed by atoms with Gasteiger partial charge >= 0.3 is 0 Å². The molecule has 1 aliphatic heterocycles. The Balaban J connectivity index is 1.83. The first-order chi connectivity index (χ1) is 11.1. The number of benzene rings is 1. The first-order valence-electron chi connectivity index (χ1n) is 7.67. The van der Waals surface area contributed by atoms with Gasteiger partial charge in [-0.15, -0.1) is 11.3 Å². The Labute approximate surface area is 139 Å².